The van der Waals surface area contributed by atoms with Crippen LogP contribution in [-0.2, 0) is 4.74 Å². The van der Waals surface area contributed by atoms with E-state index in [0.717, 1.165) is 17.5 Å². The van der Waals surface area contributed by atoms with Crippen LogP contribution in [0.3, 0.4) is 0 Å². The second kappa shape index (κ2) is 6.00. The quantitative estimate of drug-likeness (QED) is 0.674. The van der Waals surface area contributed by atoms with Crippen molar-refractivity contribution in [2.24, 2.45) is 0 Å². The molecule has 2 rings (SSSR count). The Morgan fingerprint density at radius 2 is 2.00 bits per heavy atom. The summed E-state index contributed by atoms with van der Waals surface area (Å²) in [6.45, 7) is 2.35. The zero-order valence-electron chi connectivity index (χ0n) is 10.8. The molecule has 2 aromatic rings. The molecule has 19 heavy (non-hydrogen) atoms. The number of pyridine rings is 1. The number of hydrogen-bond donors (Lipinski definition) is 1. The summed E-state index contributed by atoms with van der Waals surface area (Å²) < 4.78 is 5.12. The van der Waals surface area contributed by atoms with Crippen molar-refractivity contribution in [3.8, 4) is 11.1 Å². The first kappa shape index (κ1) is 13.1. The van der Waals surface area contributed by atoms with Crippen molar-refractivity contribution in [1.82, 2.24) is 4.98 Å². The molecule has 0 aliphatic rings. The first-order chi connectivity index (χ1) is 9.24. The minimum atomic E-state index is -0.379. The predicted octanol–water partition coefficient (Wildman–Crippen LogP) is 2.90. The maximum absolute atomic E-state index is 11.9. The zero-order valence-corrected chi connectivity index (χ0v) is 10.8. The normalized spacial score (nSPS) is 10.2. The van der Waals surface area contributed by atoms with E-state index in [-0.39, 0.29) is 5.97 Å². The molecule has 0 saturated heterocycles. The monoisotopic (exact) mass is 256 g/mol. The fourth-order valence-corrected chi connectivity index (χ4v) is 1.80. The number of benzene rings is 1. The maximum atomic E-state index is 11.9. The molecule has 4 heteroatoms. The third kappa shape index (κ3) is 2.91. The van der Waals surface area contributed by atoms with E-state index in [0.29, 0.717) is 17.9 Å². The molecule has 0 bridgehead atoms. The average Bonchev–Trinajstić information content (AvgIpc) is 2.46. The van der Waals surface area contributed by atoms with Crippen LogP contribution < -0.4 is 5.73 Å². The number of nitrogens with zero attached hydrogens (tertiary/aromatic N) is 1. The van der Waals surface area contributed by atoms with Crippen LogP contribution in [-0.4, -0.2) is 17.6 Å². The van der Waals surface area contributed by atoms with Crippen molar-refractivity contribution < 1.29 is 9.53 Å². The Labute approximate surface area is 112 Å². The second-order valence-electron chi connectivity index (χ2n) is 4.14. The van der Waals surface area contributed by atoms with Gasteiger partial charge in [0, 0.05) is 18.0 Å². The van der Waals surface area contributed by atoms with Crippen LogP contribution in [0.4, 0.5) is 5.69 Å². The molecule has 0 spiro atoms. The number of aromatic nitrogens is 1. The number of rotatable bonds is 4. The standard InChI is InChI=1S/C15H16N2O2/c1-2-10-19-15(18)13-5-3-4-12(14(13)16)11-6-8-17-9-7-11/h3-9H,2,10,16H2,1H3. The van der Waals surface area contributed by atoms with E-state index in [4.69, 9.17) is 10.5 Å². The molecule has 98 valence electrons. The van der Waals surface area contributed by atoms with Gasteiger partial charge in [0.05, 0.1) is 17.9 Å². The number of hydrogen-bond acceptors (Lipinski definition) is 4. The summed E-state index contributed by atoms with van der Waals surface area (Å²) in [4.78, 5) is 15.9. The van der Waals surface area contributed by atoms with Crippen molar-refractivity contribution in [1.29, 1.82) is 0 Å². The third-order valence-corrected chi connectivity index (χ3v) is 2.75. The first-order valence-electron chi connectivity index (χ1n) is 6.20. The Morgan fingerprint density at radius 1 is 1.26 bits per heavy atom. The molecular formula is C15H16N2O2. The number of nitrogen functional groups attached to an aromatic ring is 1. The lowest BCUT2D eigenvalue weighted by atomic mass is 10.0. The minimum absolute atomic E-state index is 0.379. The highest BCUT2D eigenvalue weighted by molar-refractivity contribution is 5.99. The van der Waals surface area contributed by atoms with Gasteiger partial charge in [0.2, 0.25) is 0 Å². The maximum Gasteiger partial charge on any atom is 0.340 e. The largest absolute Gasteiger partial charge is 0.462 e. The van der Waals surface area contributed by atoms with Gasteiger partial charge >= 0.3 is 5.97 Å². The number of esters is 1. The average molecular weight is 256 g/mol. The lowest BCUT2D eigenvalue weighted by molar-refractivity contribution is 0.0506. The van der Waals surface area contributed by atoms with Gasteiger partial charge in [0.15, 0.2) is 0 Å². The lowest BCUT2D eigenvalue weighted by Crippen LogP contribution is -2.09. The van der Waals surface area contributed by atoms with Crippen molar-refractivity contribution in [2.75, 3.05) is 12.3 Å². The van der Waals surface area contributed by atoms with Crippen LogP contribution in [0, 0.1) is 0 Å². The van der Waals surface area contributed by atoms with Crippen molar-refractivity contribution in [2.45, 2.75) is 13.3 Å². The molecule has 0 unspecified atom stereocenters. The van der Waals surface area contributed by atoms with E-state index in [1.807, 2.05) is 25.1 Å². The van der Waals surface area contributed by atoms with Crippen LogP contribution in [0.2, 0.25) is 0 Å². The Hall–Kier alpha value is -2.36. The van der Waals surface area contributed by atoms with E-state index in [2.05, 4.69) is 4.98 Å². The summed E-state index contributed by atoms with van der Waals surface area (Å²) in [5.74, 6) is -0.379. The Bertz CT molecular complexity index is 568. The van der Waals surface area contributed by atoms with Gasteiger partial charge in [-0.05, 0) is 30.2 Å². The Balaban J connectivity index is 2.36. The van der Waals surface area contributed by atoms with Gasteiger partial charge in [-0.3, -0.25) is 4.98 Å². The molecule has 4 nitrogen and oxygen atoms in total. The van der Waals surface area contributed by atoms with Gasteiger partial charge in [0.1, 0.15) is 0 Å². The third-order valence-electron chi connectivity index (χ3n) is 2.75. The fraction of sp³-hybridized carbons (Fsp3) is 0.200. The fourth-order valence-electron chi connectivity index (χ4n) is 1.80. The number of nitrogens with two attached hydrogens (primary N) is 1. The number of carbonyl (C=O) groups is 1. The van der Waals surface area contributed by atoms with Crippen LogP contribution >= 0.6 is 0 Å². The highest BCUT2D eigenvalue weighted by Crippen LogP contribution is 2.28. The minimum Gasteiger partial charge on any atom is -0.462 e. The summed E-state index contributed by atoms with van der Waals surface area (Å²) in [5.41, 5.74) is 8.65. The first-order valence-corrected chi connectivity index (χ1v) is 6.20. The summed E-state index contributed by atoms with van der Waals surface area (Å²) in [7, 11) is 0. The van der Waals surface area contributed by atoms with Crippen LogP contribution in [0.1, 0.15) is 23.7 Å². The van der Waals surface area contributed by atoms with E-state index >= 15 is 0 Å². The topological polar surface area (TPSA) is 65.2 Å². The Morgan fingerprint density at radius 3 is 2.68 bits per heavy atom. The molecule has 2 N–H and O–H groups in total. The van der Waals surface area contributed by atoms with E-state index in [1.165, 1.54) is 0 Å². The van der Waals surface area contributed by atoms with E-state index < -0.39 is 0 Å². The molecule has 1 aromatic carbocycles. The van der Waals surface area contributed by atoms with Crippen LogP contribution in [0.15, 0.2) is 42.7 Å². The van der Waals surface area contributed by atoms with Crippen LogP contribution in [0.5, 0.6) is 0 Å². The molecular weight excluding hydrogens is 240 g/mol. The molecule has 1 heterocycles. The van der Waals surface area contributed by atoms with Gasteiger partial charge in [-0.2, -0.15) is 0 Å². The van der Waals surface area contributed by atoms with Crippen molar-refractivity contribution in [3.05, 3.63) is 48.3 Å². The molecule has 0 radical (unpaired) electrons. The molecule has 0 saturated carbocycles. The SMILES string of the molecule is CCCOC(=O)c1cccc(-c2ccncc2)c1N. The van der Waals surface area contributed by atoms with E-state index in [1.54, 1.807) is 24.5 Å². The number of carbonyl (C=O) groups excluding carboxylic acids is 1. The summed E-state index contributed by atoms with van der Waals surface area (Å²) in [6, 6.07) is 9.06. The van der Waals surface area contributed by atoms with Crippen LogP contribution in [0.25, 0.3) is 11.1 Å². The predicted molar refractivity (Wildman–Crippen MR) is 74.7 cm³/mol. The second-order valence-corrected chi connectivity index (χ2v) is 4.14. The van der Waals surface area contributed by atoms with Gasteiger partial charge in [0.25, 0.3) is 0 Å². The highest BCUT2D eigenvalue weighted by Gasteiger charge is 2.14. The number of anilines is 1. The smallest absolute Gasteiger partial charge is 0.340 e. The van der Waals surface area contributed by atoms with Gasteiger partial charge < -0.3 is 10.5 Å². The van der Waals surface area contributed by atoms with Crippen molar-refractivity contribution >= 4 is 11.7 Å². The lowest BCUT2D eigenvalue weighted by Gasteiger charge is -2.10. The van der Waals surface area contributed by atoms with Gasteiger partial charge in [-0.1, -0.05) is 19.1 Å². The van der Waals surface area contributed by atoms with Gasteiger partial charge in [-0.25, -0.2) is 4.79 Å². The number of ether oxygens (including phenoxy) is 1. The molecule has 0 atom stereocenters. The van der Waals surface area contributed by atoms with Crippen molar-refractivity contribution in [3.63, 3.8) is 0 Å². The zero-order chi connectivity index (χ0) is 13.7. The number of para-hydroxylation sites is 1. The summed E-state index contributed by atoms with van der Waals surface area (Å²) in [6.07, 6.45) is 4.17. The van der Waals surface area contributed by atoms with E-state index in [9.17, 15) is 4.79 Å². The molecule has 0 aliphatic heterocycles. The highest BCUT2D eigenvalue weighted by atomic mass is 16.5. The Kier molecular flexibility index (Phi) is 4.13. The van der Waals surface area contributed by atoms with Gasteiger partial charge in [-0.15, -0.1) is 0 Å². The molecule has 0 aliphatic carbocycles. The summed E-state index contributed by atoms with van der Waals surface area (Å²) >= 11 is 0. The molecule has 1 aromatic heterocycles. The molecule has 0 fully saturated rings. The summed E-state index contributed by atoms with van der Waals surface area (Å²) in [5, 5.41) is 0. The molecule has 0 amide bonds.